The van der Waals surface area contributed by atoms with Crippen LogP contribution in [0.5, 0.6) is 0 Å². The zero-order valence-corrected chi connectivity index (χ0v) is 17.1. The van der Waals surface area contributed by atoms with E-state index in [9.17, 15) is 0 Å². The summed E-state index contributed by atoms with van der Waals surface area (Å²) in [5, 5.41) is 13.0. The molecule has 1 N–H and O–H groups in total. The zero-order valence-electron chi connectivity index (χ0n) is 16.3. The number of nitrogens with zero attached hydrogens (tertiary/aromatic N) is 4. The number of fused-ring (bicyclic) bond motifs is 3. The van der Waals surface area contributed by atoms with E-state index in [-0.39, 0.29) is 12.4 Å². The summed E-state index contributed by atoms with van der Waals surface area (Å²) >= 11 is 0. The van der Waals surface area contributed by atoms with Gasteiger partial charge < -0.3 is 10.2 Å². The normalized spacial score (nSPS) is 11.4. The monoisotopic (exact) mass is 383 g/mol. The Balaban J connectivity index is 0.00000210. The molecule has 5 nitrogen and oxygen atoms in total. The molecule has 0 aliphatic rings. The first-order chi connectivity index (χ1) is 12.5. The van der Waals surface area contributed by atoms with Crippen LogP contribution in [0.2, 0.25) is 0 Å². The second-order valence-corrected chi connectivity index (χ2v) is 7.19. The second-order valence-electron chi connectivity index (χ2n) is 7.19. The Bertz CT molecular complexity index is 1100. The highest BCUT2D eigenvalue weighted by atomic mass is 35.5. The third-order valence-corrected chi connectivity index (χ3v) is 4.89. The molecule has 6 heteroatoms. The Kier molecular flexibility index (Phi) is 5.53. The van der Waals surface area contributed by atoms with E-state index in [1.165, 1.54) is 10.8 Å². The molecule has 142 valence electrons. The summed E-state index contributed by atoms with van der Waals surface area (Å²) in [5.41, 5.74) is 4.11. The van der Waals surface area contributed by atoms with Crippen LogP contribution < -0.4 is 5.32 Å². The zero-order chi connectivity index (χ0) is 18.3. The van der Waals surface area contributed by atoms with Gasteiger partial charge in [0.1, 0.15) is 0 Å². The van der Waals surface area contributed by atoms with Crippen LogP contribution in [0.3, 0.4) is 0 Å². The lowest BCUT2D eigenvalue weighted by atomic mass is 10.0. The van der Waals surface area contributed by atoms with Gasteiger partial charge in [0.15, 0.2) is 5.65 Å². The van der Waals surface area contributed by atoms with Crippen molar-refractivity contribution in [2.45, 2.75) is 13.3 Å². The van der Waals surface area contributed by atoms with E-state index in [4.69, 9.17) is 4.98 Å². The molecule has 0 radical (unpaired) electrons. The van der Waals surface area contributed by atoms with E-state index in [2.05, 4.69) is 72.7 Å². The largest absolute Gasteiger partial charge is 0.384 e. The van der Waals surface area contributed by atoms with Gasteiger partial charge in [0, 0.05) is 19.0 Å². The average molecular weight is 384 g/mol. The third-order valence-electron chi connectivity index (χ3n) is 4.89. The van der Waals surface area contributed by atoms with E-state index >= 15 is 0 Å². The van der Waals surface area contributed by atoms with E-state index in [1.807, 2.05) is 11.7 Å². The smallest absolute Gasteiger partial charge is 0.160 e. The molecule has 2 heterocycles. The predicted octanol–water partition coefficient (Wildman–Crippen LogP) is 4.37. The van der Waals surface area contributed by atoms with Crippen LogP contribution in [0.25, 0.3) is 32.7 Å². The number of pyridine rings is 1. The van der Waals surface area contributed by atoms with Gasteiger partial charge in [-0.15, -0.1) is 12.4 Å². The number of aryl methyl sites for hydroxylation is 2. The van der Waals surface area contributed by atoms with Crippen molar-refractivity contribution >= 4 is 50.8 Å². The first kappa shape index (κ1) is 19.4. The van der Waals surface area contributed by atoms with Crippen LogP contribution >= 0.6 is 12.4 Å². The van der Waals surface area contributed by atoms with Gasteiger partial charge in [-0.2, -0.15) is 5.10 Å². The maximum absolute atomic E-state index is 4.92. The molecule has 2 aromatic heterocycles. The van der Waals surface area contributed by atoms with E-state index in [1.54, 1.807) is 0 Å². The number of hydrogen-bond acceptors (Lipinski definition) is 4. The van der Waals surface area contributed by atoms with Gasteiger partial charge >= 0.3 is 0 Å². The van der Waals surface area contributed by atoms with Gasteiger partial charge in [0.2, 0.25) is 0 Å². The third kappa shape index (κ3) is 3.57. The van der Waals surface area contributed by atoms with Gasteiger partial charge in [-0.25, -0.2) is 4.98 Å². The maximum atomic E-state index is 4.92. The number of anilines is 1. The quantitative estimate of drug-likeness (QED) is 0.410. The molecule has 0 unspecified atom stereocenters. The molecule has 0 aliphatic heterocycles. The van der Waals surface area contributed by atoms with Gasteiger partial charge in [0.05, 0.1) is 22.3 Å². The summed E-state index contributed by atoms with van der Waals surface area (Å²) in [5.74, 6) is 0. The number of nitrogens with one attached hydrogen (secondary N) is 1. The Morgan fingerprint density at radius 3 is 2.52 bits per heavy atom. The van der Waals surface area contributed by atoms with Gasteiger partial charge in [0.25, 0.3) is 0 Å². The SMILES string of the molecule is Cc1nn(C)c2nc3cc4ccccc4cc3c(NCCCN(C)C)c12.Cl. The van der Waals surface area contributed by atoms with Crippen LogP contribution in [0.15, 0.2) is 36.4 Å². The van der Waals surface area contributed by atoms with Gasteiger partial charge in [-0.3, -0.25) is 4.68 Å². The molecule has 27 heavy (non-hydrogen) atoms. The van der Waals surface area contributed by atoms with Crippen LogP contribution in [0.1, 0.15) is 12.1 Å². The molecule has 2 aromatic carbocycles. The van der Waals surface area contributed by atoms with Crippen molar-refractivity contribution in [1.82, 2.24) is 19.7 Å². The highest BCUT2D eigenvalue weighted by Crippen LogP contribution is 2.34. The summed E-state index contributed by atoms with van der Waals surface area (Å²) < 4.78 is 1.88. The highest BCUT2D eigenvalue weighted by Gasteiger charge is 2.16. The molecule has 0 spiro atoms. The lowest BCUT2D eigenvalue weighted by Gasteiger charge is -2.14. The summed E-state index contributed by atoms with van der Waals surface area (Å²) in [4.78, 5) is 7.13. The maximum Gasteiger partial charge on any atom is 0.160 e. The lowest BCUT2D eigenvalue weighted by molar-refractivity contribution is 0.405. The molecule has 0 aliphatic carbocycles. The fraction of sp³-hybridized carbons (Fsp3) is 0.333. The molecular formula is C21H26ClN5. The number of aromatic nitrogens is 3. The van der Waals surface area contributed by atoms with Crippen LogP contribution in [0, 0.1) is 6.92 Å². The molecule has 4 rings (SSSR count). The van der Waals surface area contributed by atoms with E-state index in [0.717, 1.165) is 52.8 Å². The van der Waals surface area contributed by atoms with Crippen molar-refractivity contribution in [3.63, 3.8) is 0 Å². The Morgan fingerprint density at radius 2 is 1.81 bits per heavy atom. The first-order valence-corrected chi connectivity index (χ1v) is 9.09. The van der Waals surface area contributed by atoms with Crippen molar-refractivity contribution in [3.8, 4) is 0 Å². The molecule has 0 bridgehead atoms. The minimum atomic E-state index is 0. The van der Waals surface area contributed by atoms with Gasteiger partial charge in [-0.05, 0) is 56.9 Å². The van der Waals surface area contributed by atoms with Crippen molar-refractivity contribution in [3.05, 3.63) is 42.1 Å². The van der Waals surface area contributed by atoms with Crippen molar-refractivity contribution < 1.29 is 0 Å². The number of halogens is 1. The average Bonchev–Trinajstić information content (AvgIpc) is 2.90. The van der Waals surface area contributed by atoms with Crippen molar-refractivity contribution in [2.24, 2.45) is 7.05 Å². The number of rotatable bonds is 5. The second kappa shape index (κ2) is 7.71. The first-order valence-electron chi connectivity index (χ1n) is 9.09. The minimum absolute atomic E-state index is 0. The topological polar surface area (TPSA) is 46.0 Å². The molecule has 4 aromatic rings. The van der Waals surface area contributed by atoms with Crippen molar-refractivity contribution in [2.75, 3.05) is 32.5 Å². The molecule has 0 atom stereocenters. The standard InChI is InChI=1S/C21H25N5.ClH/c1-14-19-20(22-10-7-11-25(2)3)17-12-15-8-5-6-9-16(15)13-18(17)23-21(19)26(4)24-14;/h5-6,8-9,12-13H,7,10-11H2,1-4H3,(H,22,23);1H. The predicted molar refractivity (Wildman–Crippen MR) is 117 cm³/mol. The van der Waals surface area contributed by atoms with E-state index in [0.29, 0.717) is 0 Å². The van der Waals surface area contributed by atoms with Crippen LogP contribution in [0.4, 0.5) is 5.69 Å². The lowest BCUT2D eigenvalue weighted by Crippen LogP contribution is -2.16. The number of hydrogen-bond donors (Lipinski definition) is 1. The molecule has 0 fully saturated rings. The van der Waals surface area contributed by atoms with Crippen LogP contribution in [-0.2, 0) is 7.05 Å². The minimum Gasteiger partial charge on any atom is -0.384 e. The number of benzene rings is 2. The molecule has 0 amide bonds. The molecular weight excluding hydrogens is 358 g/mol. The Hall–Kier alpha value is -2.37. The summed E-state index contributed by atoms with van der Waals surface area (Å²) in [6, 6.07) is 12.9. The molecule has 0 saturated carbocycles. The summed E-state index contributed by atoms with van der Waals surface area (Å²) in [6.07, 6.45) is 1.09. The van der Waals surface area contributed by atoms with Crippen LogP contribution in [-0.4, -0.2) is 46.8 Å². The fourth-order valence-corrected chi connectivity index (χ4v) is 3.63. The highest BCUT2D eigenvalue weighted by molar-refractivity contribution is 6.11. The fourth-order valence-electron chi connectivity index (χ4n) is 3.63. The molecule has 0 saturated heterocycles. The summed E-state index contributed by atoms with van der Waals surface area (Å²) in [6.45, 7) is 4.05. The Labute approximate surface area is 165 Å². The Morgan fingerprint density at radius 1 is 1.11 bits per heavy atom. The summed E-state index contributed by atoms with van der Waals surface area (Å²) in [7, 11) is 6.18. The van der Waals surface area contributed by atoms with Crippen molar-refractivity contribution in [1.29, 1.82) is 0 Å². The van der Waals surface area contributed by atoms with Gasteiger partial charge in [-0.1, -0.05) is 24.3 Å². The van der Waals surface area contributed by atoms with E-state index < -0.39 is 0 Å².